The molecule has 11 heavy (non-hydrogen) atoms. The predicted molar refractivity (Wildman–Crippen MR) is 42.4 cm³/mol. The van der Waals surface area contributed by atoms with Crippen LogP contribution in [0.15, 0.2) is 18.7 Å². The van der Waals surface area contributed by atoms with Crippen LogP contribution in [0.2, 0.25) is 0 Å². The molecule has 0 bridgehead atoms. The van der Waals surface area contributed by atoms with Crippen LogP contribution in [0.5, 0.6) is 0 Å². The van der Waals surface area contributed by atoms with E-state index in [1.807, 2.05) is 0 Å². The van der Waals surface area contributed by atoms with E-state index >= 15 is 0 Å². The number of carbonyl (C=O) groups excluding carboxylic acids is 1. The second kappa shape index (κ2) is 2.66. The Labute approximate surface area is 70.0 Å². The molecule has 0 aliphatic carbocycles. The zero-order valence-electron chi connectivity index (χ0n) is 6.41. The Morgan fingerprint density at radius 2 is 2.27 bits per heavy atom. The maximum absolute atomic E-state index is 10.9. The first-order chi connectivity index (χ1) is 5.05. The van der Waals surface area contributed by atoms with Crippen molar-refractivity contribution >= 4 is 16.8 Å². The molecule has 0 radical (unpaired) electrons. The lowest BCUT2D eigenvalue weighted by Gasteiger charge is -2.20. The average molecular weight is 173 g/mol. The Hall–Kier alpha value is -0.830. The molecule has 1 aromatic rings. The highest BCUT2D eigenvalue weighted by molar-refractivity contribution is 6.65. The Morgan fingerprint density at radius 1 is 1.64 bits per heavy atom. The van der Waals surface area contributed by atoms with E-state index < -0.39 is 10.8 Å². The first kappa shape index (κ1) is 8.27. The highest BCUT2D eigenvalue weighted by Crippen LogP contribution is 2.17. The molecule has 0 aliphatic rings. The maximum atomic E-state index is 10.9. The van der Waals surface area contributed by atoms with Crippen molar-refractivity contribution in [1.82, 2.24) is 9.55 Å². The molecular weight excluding hydrogens is 164 g/mol. The van der Waals surface area contributed by atoms with E-state index in [0.29, 0.717) is 0 Å². The minimum atomic E-state index is -0.696. The quantitative estimate of drug-likeness (QED) is 0.632. The molecular formula is C7H9ClN2O. The van der Waals surface area contributed by atoms with Gasteiger partial charge in [0.05, 0.1) is 6.33 Å². The van der Waals surface area contributed by atoms with Crippen LogP contribution in [0.3, 0.4) is 0 Å². The molecule has 0 N–H and O–H groups in total. The number of rotatable bonds is 2. The second-order valence-corrected chi connectivity index (χ2v) is 3.15. The molecule has 1 rings (SSSR count). The van der Waals surface area contributed by atoms with Crippen molar-refractivity contribution in [2.75, 3.05) is 0 Å². The Bertz CT molecular complexity index is 253. The smallest absolute Gasteiger partial charge is 0.247 e. The number of carbonyl (C=O) groups is 1. The van der Waals surface area contributed by atoms with E-state index in [1.54, 1.807) is 37.1 Å². The van der Waals surface area contributed by atoms with Gasteiger partial charge in [-0.15, -0.1) is 0 Å². The molecule has 0 unspecified atom stereocenters. The van der Waals surface area contributed by atoms with Gasteiger partial charge in [0.2, 0.25) is 5.24 Å². The minimum Gasteiger partial charge on any atom is -0.323 e. The third-order valence-corrected chi connectivity index (χ3v) is 2.09. The fraction of sp³-hybridized carbons (Fsp3) is 0.429. The minimum absolute atomic E-state index is 0.393. The van der Waals surface area contributed by atoms with E-state index in [1.165, 1.54) is 0 Å². The molecule has 0 aromatic carbocycles. The lowest BCUT2D eigenvalue weighted by atomic mass is 10.1. The standard InChI is InChI=1S/C7H9ClN2O/c1-7(2,6(8)11)10-4-3-9-5-10/h3-5H,1-2H3. The number of hydrogen-bond donors (Lipinski definition) is 0. The van der Waals surface area contributed by atoms with Gasteiger partial charge in [-0.3, -0.25) is 4.79 Å². The van der Waals surface area contributed by atoms with Crippen molar-refractivity contribution in [3.8, 4) is 0 Å². The molecule has 0 saturated carbocycles. The van der Waals surface area contributed by atoms with E-state index in [9.17, 15) is 4.79 Å². The van der Waals surface area contributed by atoms with E-state index in [0.717, 1.165) is 0 Å². The van der Waals surface area contributed by atoms with Crippen LogP contribution in [0.1, 0.15) is 13.8 Å². The number of nitrogens with zero attached hydrogens (tertiary/aromatic N) is 2. The van der Waals surface area contributed by atoms with Gasteiger partial charge in [-0.2, -0.15) is 0 Å². The van der Waals surface area contributed by atoms with Crippen LogP contribution in [-0.2, 0) is 10.3 Å². The first-order valence-electron chi connectivity index (χ1n) is 3.23. The SMILES string of the molecule is CC(C)(C(=O)Cl)n1ccnc1. The molecule has 1 aromatic heterocycles. The van der Waals surface area contributed by atoms with Crippen molar-refractivity contribution in [2.24, 2.45) is 0 Å². The molecule has 0 amide bonds. The van der Waals surface area contributed by atoms with Crippen molar-refractivity contribution in [3.63, 3.8) is 0 Å². The molecule has 60 valence electrons. The van der Waals surface area contributed by atoms with Crippen molar-refractivity contribution in [1.29, 1.82) is 0 Å². The normalized spacial score (nSPS) is 11.5. The van der Waals surface area contributed by atoms with Gasteiger partial charge in [-0.1, -0.05) is 0 Å². The van der Waals surface area contributed by atoms with Crippen LogP contribution in [0.4, 0.5) is 0 Å². The summed E-state index contributed by atoms with van der Waals surface area (Å²) in [5.41, 5.74) is -0.696. The third kappa shape index (κ3) is 1.43. The van der Waals surface area contributed by atoms with Gasteiger partial charge < -0.3 is 4.57 Å². The van der Waals surface area contributed by atoms with E-state index in [2.05, 4.69) is 4.98 Å². The lowest BCUT2D eigenvalue weighted by Crippen LogP contribution is -2.31. The van der Waals surface area contributed by atoms with Crippen LogP contribution in [0, 0.1) is 0 Å². The molecule has 4 heteroatoms. The maximum Gasteiger partial charge on any atom is 0.247 e. The molecule has 1 heterocycles. The van der Waals surface area contributed by atoms with Crippen molar-refractivity contribution in [2.45, 2.75) is 19.4 Å². The van der Waals surface area contributed by atoms with Crippen LogP contribution in [-0.4, -0.2) is 14.8 Å². The summed E-state index contributed by atoms with van der Waals surface area (Å²) in [4.78, 5) is 14.7. The molecule has 3 nitrogen and oxygen atoms in total. The molecule has 0 saturated heterocycles. The Morgan fingerprint density at radius 3 is 2.64 bits per heavy atom. The van der Waals surface area contributed by atoms with Gasteiger partial charge in [-0.05, 0) is 25.4 Å². The summed E-state index contributed by atoms with van der Waals surface area (Å²) >= 11 is 5.37. The number of imidazole rings is 1. The molecule has 0 atom stereocenters. The van der Waals surface area contributed by atoms with Gasteiger partial charge in [0.15, 0.2) is 0 Å². The number of halogens is 1. The summed E-state index contributed by atoms with van der Waals surface area (Å²) in [5, 5.41) is -0.393. The van der Waals surface area contributed by atoms with Crippen molar-refractivity contribution < 1.29 is 4.79 Å². The van der Waals surface area contributed by atoms with Crippen molar-refractivity contribution in [3.05, 3.63) is 18.7 Å². The van der Waals surface area contributed by atoms with Gasteiger partial charge in [0, 0.05) is 12.4 Å². The molecule has 0 spiro atoms. The largest absolute Gasteiger partial charge is 0.323 e. The summed E-state index contributed by atoms with van der Waals surface area (Å²) in [7, 11) is 0. The Balaban J connectivity index is 3.00. The predicted octanol–water partition coefficient (Wildman–Crippen LogP) is 1.38. The number of hydrogen-bond acceptors (Lipinski definition) is 2. The summed E-state index contributed by atoms with van der Waals surface area (Å²) < 4.78 is 1.67. The van der Waals surface area contributed by atoms with Crippen LogP contribution in [0.25, 0.3) is 0 Å². The topological polar surface area (TPSA) is 34.9 Å². The van der Waals surface area contributed by atoms with E-state index in [4.69, 9.17) is 11.6 Å². The van der Waals surface area contributed by atoms with Gasteiger partial charge in [0.1, 0.15) is 5.54 Å². The molecule has 0 fully saturated rings. The van der Waals surface area contributed by atoms with Gasteiger partial charge in [0.25, 0.3) is 0 Å². The zero-order valence-corrected chi connectivity index (χ0v) is 7.17. The summed E-state index contributed by atoms with van der Waals surface area (Å²) in [5.74, 6) is 0. The van der Waals surface area contributed by atoms with Crippen LogP contribution < -0.4 is 0 Å². The second-order valence-electron chi connectivity index (χ2n) is 2.80. The fourth-order valence-electron chi connectivity index (χ4n) is 0.691. The average Bonchev–Trinajstić information content (AvgIpc) is 2.37. The van der Waals surface area contributed by atoms with Gasteiger partial charge >= 0.3 is 0 Å². The van der Waals surface area contributed by atoms with Gasteiger partial charge in [-0.25, -0.2) is 4.98 Å². The number of aromatic nitrogens is 2. The first-order valence-corrected chi connectivity index (χ1v) is 3.61. The highest BCUT2D eigenvalue weighted by atomic mass is 35.5. The Kier molecular flexibility index (Phi) is 2.00. The van der Waals surface area contributed by atoms with Crippen LogP contribution >= 0.6 is 11.6 Å². The summed E-state index contributed by atoms with van der Waals surface area (Å²) in [6, 6.07) is 0. The third-order valence-electron chi connectivity index (χ3n) is 1.63. The lowest BCUT2D eigenvalue weighted by molar-refractivity contribution is -0.118. The fourth-order valence-corrected chi connectivity index (χ4v) is 0.789. The monoisotopic (exact) mass is 172 g/mol. The summed E-state index contributed by atoms with van der Waals surface area (Å²) in [6.45, 7) is 3.48. The zero-order chi connectivity index (χ0) is 8.48. The summed E-state index contributed by atoms with van der Waals surface area (Å²) in [6.07, 6.45) is 4.89. The van der Waals surface area contributed by atoms with E-state index in [-0.39, 0.29) is 0 Å². The highest BCUT2D eigenvalue weighted by Gasteiger charge is 2.26. The molecule has 0 aliphatic heterocycles.